The minimum atomic E-state index is -0.610. The zero-order chi connectivity index (χ0) is 14.0. The summed E-state index contributed by atoms with van der Waals surface area (Å²) < 4.78 is 13.5. The summed E-state index contributed by atoms with van der Waals surface area (Å²) in [5.41, 5.74) is 5.90. The average molecular weight is 299 g/mol. The second kappa shape index (κ2) is 5.47. The van der Waals surface area contributed by atoms with Crippen LogP contribution in [0.15, 0.2) is 36.4 Å². The fourth-order valence-electron chi connectivity index (χ4n) is 1.54. The van der Waals surface area contributed by atoms with Gasteiger partial charge in [-0.1, -0.05) is 29.3 Å². The van der Waals surface area contributed by atoms with E-state index in [1.807, 2.05) is 0 Å². The van der Waals surface area contributed by atoms with Crippen LogP contribution >= 0.6 is 23.2 Å². The molecule has 0 saturated heterocycles. The van der Waals surface area contributed by atoms with Gasteiger partial charge in [0, 0.05) is 15.6 Å². The Hall–Kier alpha value is -1.78. The van der Waals surface area contributed by atoms with Crippen LogP contribution in [-0.4, -0.2) is 5.91 Å². The molecule has 6 heteroatoms. The summed E-state index contributed by atoms with van der Waals surface area (Å²) in [4.78, 5) is 12.0. The minimum Gasteiger partial charge on any atom is -0.397 e. The predicted octanol–water partition coefficient (Wildman–Crippen LogP) is 3.97. The van der Waals surface area contributed by atoms with Crippen LogP contribution in [0.25, 0.3) is 0 Å². The molecule has 2 aromatic carbocycles. The molecule has 0 bridgehead atoms. The Labute approximate surface area is 119 Å². The molecule has 2 rings (SSSR count). The second-order valence-electron chi connectivity index (χ2n) is 3.82. The number of nitrogens with one attached hydrogen (secondary N) is 1. The normalized spacial score (nSPS) is 10.3. The number of anilines is 2. The molecule has 0 radical (unpaired) electrons. The van der Waals surface area contributed by atoms with Gasteiger partial charge in [0.15, 0.2) is 0 Å². The number of hydrogen-bond acceptors (Lipinski definition) is 2. The van der Waals surface area contributed by atoms with Crippen LogP contribution in [-0.2, 0) is 0 Å². The van der Waals surface area contributed by atoms with E-state index in [1.165, 1.54) is 36.4 Å². The molecule has 0 aliphatic rings. The van der Waals surface area contributed by atoms with Crippen LogP contribution in [0.3, 0.4) is 0 Å². The maximum atomic E-state index is 13.5. The van der Waals surface area contributed by atoms with Crippen LogP contribution in [0.4, 0.5) is 15.8 Å². The van der Waals surface area contributed by atoms with E-state index in [1.54, 1.807) is 0 Å². The largest absolute Gasteiger partial charge is 0.397 e. The number of rotatable bonds is 2. The van der Waals surface area contributed by atoms with Crippen molar-refractivity contribution in [2.45, 2.75) is 0 Å². The molecule has 0 spiro atoms. The summed E-state index contributed by atoms with van der Waals surface area (Å²) in [6.45, 7) is 0. The van der Waals surface area contributed by atoms with Gasteiger partial charge in [-0.15, -0.1) is 0 Å². The Balaban J connectivity index is 2.31. The van der Waals surface area contributed by atoms with Crippen LogP contribution < -0.4 is 11.1 Å². The van der Waals surface area contributed by atoms with Gasteiger partial charge in [-0.3, -0.25) is 4.79 Å². The van der Waals surface area contributed by atoms with Crippen molar-refractivity contribution in [2.75, 3.05) is 11.1 Å². The molecular weight excluding hydrogens is 290 g/mol. The summed E-state index contributed by atoms with van der Waals surface area (Å²) >= 11 is 11.6. The molecule has 3 N–H and O–H groups in total. The topological polar surface area (TPSA) is 55.1 Å². The number of carbonyl (C=O) groups is 1. The Morgan fingerprint density at radius 1 is 1.16 bits per heavy atom. The van der Waals surface area contributed by atoms with Crippen molar-refractivity contribution in [3.63, 3.8) is 0 Å². The minimum absolute atomic E-state index is 0.0661. The van der Waals surface area contributed by atoms with Gasteiger partial charge in [0.25, 0.3) is 5.91 Å². The lowest BCUT2D eigenvalue weighted by molar-refractivity contribution is 0.102. The number of amides is 1. The lowest BCUT2D eigenvalue weighted by atomic mass is 10.2. The summed E-state index contributed by atoms with van der Waals surface area (Å²) in [5, 5.41) is 3.03. The lowest BCUT2D eigenvalue weighted by Crippen LogP contribution is -2.14. The maximum absolute atomic E-state index is 13.5. The SMILES string of the molecule is Nc1cccc(F)c1NC(=O)c1cc(Cl)cc(Cl)c1. The quantitative estimate of drug-likeness (QED) is 0.824. The highest BCUT2D eigenvalue weighted by atomic mass is 35.5. The molecule has 0 aliphatic heterocycles. The number of nitrogen functional groups attached to an aromatic ring is 1. The van der Waals surface area contributed by atoms with E-state index < -0.39 is 11.7 Å². The zero-order valence-electron chi connectivity index (χ0n) is 9.58. The van der Waals surface area contributed by atoms with Crippen molar-refractivity contribution in [1.29, 1.82) is 0 Å². The average Bonchev–Trinajstić information content (AvgIpc) is 2.32. The van der Waals surface area contributed by atoms with Gasteiger partial charge >= 0.3 is 0 Å². The highest BCUT2D eigenvalue weighted by Crippen LogP contribution is 2.24. The zero-order valence-corrected chi connectivity index (χ0v) is 11.1. The van der Waals surface area contributed by atoms with Crippen molar-refractivity contribution < 1.29 is 9.18 Å². The van der Waals surface area contributed by atoms with Crippen LogP contribution in [0.2, 0.25) is 10.0 Å². The molecule has 0 unspecified atom stereocenters. The third kappa shape index (κ3) is 3.16. The van der Waals surface area contributed by atoms with Gasteiger partial charge in [-0.25, -0.2) is 4.39 Å². The predicted molar refractivity (Wildman–Crippen MR) is 75.2 cm³/mol. The summed E-state index contributed by atoms with van der Waals surface area (Å²) in [5.74, 6) is -1.15. The van der Waals surface area contributed by atoms with Gasteiger partial charge < -0.3 is 11.1 Å². The highest BCUT2D eigenvalue weighted by molar-refractivity contribution is 6.35. The monoisotopic (exact) mass is 298 g/mol. The molecule has 0 atom stereocenters. The first kappa shape index (κ1) is 13.6. The standard InChI is InChI=1S/C13H9Cl2FN2O/c14-8-4-7(5-9(15)6-8)13(19)18-12-10(16)2-1-3-11(12)17/h1-6H,17H2,(H,18,19). The number of hydrogen-bond donors (Lipinski definition) is 2. The van der Waals surface area contributed by atoms with Gasteiger partial charge in [-0.2, -0.15) is 0 Å². The number of carbonyl (C=O) groups excluding carboxylic acids is 1. The van der Waals surface area contributed by atoms with E-state index in [0.717, 1.165) is 0 Å². The first-order valence-corrected chi connectivity index (χ1v) is 6.04. The van der Waals surface area contributed by atoms with Crippen molar-refractivity contribution in [3.8, 4) is 0 Å². The smallest absolute Gasteiger partial charge is 0.255 e. The van der Waals surface area contributed by atoms with E-state index in [2.05, 4.69) is 5.32 Å². The first-order valence-electron chi connectivity index (χ1n) is 5.29. The van der Waals surface area contributed by atoms with Crippen molar-refractivity contribution >= 4 is 40.5 Å². The maximum Gasteiger partial charge on any atom is 0.255 e. The van der Waals surface area contributed by atoms with Gasteiger partial charge in [0.05, 0.1) is 5.69 Å². The molecule has 1 amide bonds. The molecule has 2 aromatic rings. The van der Waals surface area contributed by atoms with E-state index in [-0.39, 0.29) is 16.9 Å². The van der Waals surface area contributed by atoms with Gasteiger partial charge in [0.1, 0.15) is 11.5 Å². The van der Waals surface area contributed by atoms with E-state index in [0.29, 0.717) is 10.0 Å². The molecule has 3 nitrogen and oxygen atoms in total. The molecular formula is C13H9Cl2FN2O. The van der Waals surface area contributed by atoms with Crippen molar-refractivity contribution in [2.24, 2.45) is 0 Å². The Morgan fingerprint density at radius 3 is 2.37 bits per heavy atom. The number of para-hydroxylation sites is 1. The molecule has 98 valence electrons. The third-order valence-electron chi connectivity index (χ3n) is 2.41. The number of benzene rings is 2. The lowest BCUT2D eigenvalue weighted by Gasteiger charge is -2.09. The summed E-state index contributed by atoms with van der Waals surface area (Å²) in [6, 6.07) is 8.51. The number of halogens is 3. The highest BCUT2D eigenvalue weighted by Gasteiger charge is 2.12. The fourth-order valence-corrected chi connectivity index (χ4v) is 2.07. The summed E-state index contributed by atoms with van der Waals surface area (Å²) in [7, 11) is 0. The Bertz CT molecular complexity index is 606. The van der Waals surface area contributed by atoms with Crippen LogP contribution in [0.1, 0.15) is 10.4 Å². The third-order valence-corrected chi connectivity index (χ3v) is 2.85. The van der Waals surface area contributed by atoms with Crippen molar-refractivity contribution in [3.05, 3.63) is 57.8 Å². The van der Waals surface area contributed by atoms with E-state index >= 15 is 0 Å². The van der Waals surface area contributed by atoms with Crippen LogP contribution in [0.5, 0.6) is 0 Å². The first-order chi connectivity index (χ1) is 8.97. The Morgan fingerprint density at radius 2 is 1.79 bits per heavy atom. The number of nitrogens with two attached hydrogens (primary N) is 1. The molecule has 0 heterocycles. The molecule has 0 saturated carbocycles. The van der Waals surface area contributed by atoms with E-state index in [9.17, 15) is 9.18 Å². The summed E-state index contributed by atoms with van der Waals surface area (Å²) in [6.07, 6.45) is 0. The Kier molecular flexibility index (Phi) is 3.93. The van der Waals surface area contributed by atoms with Gasteiger partial charge in [-0.05, 0) is 30.3 Å². The molecule has 0 aromatic heterocycles. The van der Waals surface area contributed by atoms with Crippen LogP contribution in [0, 0.1) is 5.82 Å². The molecule has 0 fully saturated rings. The van der Waals surface area contributed by atoms with Crippen molar-refractivity contribution in [1.82, 2.24) is 0 Å². The molecule has 19 heavy (non-hydrogen) atoms. The van der Waals surface area contributed by atoms with E-state index in [4.69, 9.17) is 28.9 Å². The molecule has 0 aliphatic carbocycles. The van der Waals surface area contributed by atoms with Gasteiger partial charge in [0.2, 0.25) is 0 Å². The fraction of sp³-hybridized carbons (Fsp3) is 0. The second-order valence-corrected chi connectivity index (χ2v) is 4.69.